The summed E-state index contributed by atoms with van der Waals surface area (Å²) in [6.07, 6.45) is 0. The van der Waals surface area contributed by atoms with Gasteiger partial charge in [-0.3, -0.25) is 9.59 Å². The molecule has 0 heterocycles. The van der Waals surface area contributed by atoms with Crippen LogP contribution < -0.4 is 5.32 Å². The van der Waals surface area contributed by atoms with Gasteiger partial charge >= 0.3 is 0 Å². The molecule has 0 fully saturated rings. The first kappa shape index (κ1) is 13.8. The molecule has 0 aliphatic carbocycles. The van der Waals surface area contributed by atoms with Gasteiger partial charge in [-0.15, -0.1) is 11.8 Å². The van der Waals surface area contributed by atoms with Gasteiger partial charge in [-0.1, -0.05) is 12.1 Å². The molecule has 0 radical (unpaired) electrons. The molecule has 0 bridgehead atoms. The molecule has 3 nitrogen and oxygen atoms in total. The molecule has 4 heteroatoms. The Morgan fingerprint density at radius 2 is 2.12 bits per heavy atom. The molecule has 1 N–H and O–H groups in total. The minimum Gasteiger partial charge on any atom is -0.355 e. The number of amides is 1. The van der Waals surface area contributed by atoms with Crippen LogP contribution in [-0.4, -0.2) is 23.5 Å². The molecule has 0 saturated heterocycles. The van der Waals surface area contributed by atoms with Crippen molar-refractivity contribution < 1.29 is 9.59 Å². The van der Waals surface area contributed by atoms with Gasteiger partial charge < -0.3 is 5.32 Å². The third kappa shape index (κ3) is 4.23. The molecule has 1 atom stereocenters. The van der Waals surface area contributed by atoms with Crippen molar-refractivity contribution in [1.82, 2.24) is 5.32 Å². The van der Waals surface area contributed by atoms with Crippen LogP contribution in [0, 0.1) is 0 Å². The van der Waals surface area contributed by atoms with Gasteiger partial charge in [0.2, 0.25) is 5.91 Å². The van der Waals surface area contributed by atoms with Crippen LogP contribution in [-0.2, 0) is 4.79 Å². The number of benzene rings is 1. The first-order valence-electron chi connectivity index (χ1n) is 5.60. The topological polar surface area (TPSA) is 46.2 Å². The van der Waals surface area contributed by atoms with E-state index in [9.17, 15) is 9.59 Å². The van der Waals surface area contributed by atoms with Crippen LogP contribution in [0.4, 0.5) is 0 Å². The predicted molar refractivity (Wildman–Crippen MR) is 70.4 cm³/mol. The summed E-state index contributed by atoms with van der Waals surface area (Å²) in [4.78, 5) is 23.7. The highest BCUT2D eigenvalue weighted by Gasteiger charge is 2.13. The van der Waals surface area contributed by atoms with Crippen LogP contribution in [0.1, 0.15) is 31.1 Å². The summed E-state index contributed by atoms with van der Waals surface area (Å²) >= 11 is 1.46. The van der Waals surface area contributed by atoms with E-state index in [1.807, 2.05) is 32.0 Å². The summed E-state index contributed by atoms with van der Waals surface area (Å²) < 4.78 is 0. The molecule has 1 aromatic carbocycles. The fraction of sp³-hybridized carbons (Fsp3) is 0.385. The lowest BCUT2D eigenvalue weighted by Gasteiger charge is -2.11. The SMILES string of the molecule is CCNC(=O)C(C)Sc1cccc(C(C)=O)c1. The third-order valence-corrected chi connectivity index (χ3v) is 3.37. The van der Waals surface area contributed by atoms with Crippen molar-refractivity contribution in [3.05, 3.63) is 29.8 Å². The number of ketones is 1. The zero-order valence-electron chi connectivity index (χ0n) is 10.3. The number of hydrogen-bond donors (Lipinski definition) is 1. The maximum Gasteiger partial charge on any atom is 0.233 e. The largest absolute Gasteiger partial charge is 0.355 e. The van der Waals surface area contributed by atoms with Gasteiger partial charge in [0.15, 0.2) is 5.78 Å². The highest BCUT2D eigenvalue weighted by Crippen LogP contribution is 2.24. The molecule has 1 unspecified atom stereocenters. The minimum atomic E-state index is -0.155. The maximum absolute atomic E-state index is 11.6. The van der Waals surface area contributed by atoms with Crippen LogP contribution in [0.5, 0.6) is 0 Å². The molecule has 92 valence electrons. The van der Waals surface area contributed by atoms with Crippen LogP contribution in [0.2, 0.25) is 0 Å². The molecule has 1 rings (SSSR count). The molecule has 1 aromatic rings. The fourth-order valence-electron chi connectivity index (χ4n) is 1.36. The minimum absolute atomic E-state index is 0.0192. The van der Waals surface area contributed by atoms with E-state index in [-0.39, 0.29) is 16.9 Å². The van der Waals surface area contributed by atoms with E-state index in [0.717, 1.165) is 4.90 Å². The summed E-state index contributed by atoms with van der Waals surface area (Å²) in [5.74, 6) is 0.0591. The maximum atomic E-state index is 11.6. The number of carbonyl (C=O) groups excluding carboxylic acids is 2. The summed E-state index contributed by atoms with van der Waals surface area (Å²) in [6, 6.07) is 7.35. The Balaban J connectivity index is 2.71. The normalized spacial score (nSPS) is 11.9. The van der Waals surface area contributed by atoms with E-state index in [0.29, 0.717) is 12.1 Å². The summed E-state index contributed by atoms with van der Waals surface area (Å²) in [7, 11) is 0. The predicted octanol–water partition coefficient (Wildman–Crippen LogP) is 2.51. The van der Waals surface area contributed by atoms with E-state index in [1.165, 1.54) is 18.7 Å². The molecule has 0 aliphatic heterocycles. The van der Waals surface area contributed by atoms with Gasteiger partial charge in [-0.2, -0.15) is 0 Å². The van der Waals surface area contributed by atoms with Gasteiger partial charge in [-0.05, 0) is 32.9 Å². The number of hydrogen-bond acceptors (Lipinski definition) is 3. The average molecular weight is 251 g/mol. The summed E-state index contributed by atoms with van der Waals surface area (Å²) in [5.41, 5.74) is 0.679. The number of thioether (sulfide) groups is 1. The average Bonchev–Trinajstić information content (AvgIpc) is 2.29. The first-order valence-corrected chi connectivity index (χ1v) is 6.48. The second kappa shape index (κ2) is 6.45. The van der Waals surface area contributed by atoms with E-state index in [1.54, 1.807) is 6.07 Å². The molecular formula is C13H17NO2S. The van der Waals surface area contributed by atoms with Crippen molar-refractivity contribution in [3.63, 3.8) is 0 Å². The molecule has 0 aliphatic rings. The summed E-state index contributed by atoms with van der Waals surface area (Å²) in [6.45, 7) is 5.93. The molecule has 0 aromatic heterocycles. The van der Waals surface area contributed by atoms with Crippen molar-refractivity contribution in [3.8, 4) is 0 Å². The van der Waals surface area contributed by atoms with Gasteiger partial charge in [-0.25, -0.2) is 0 Å². The quantitative estimate of drug-likeness (QED) is 0.646. The monoisotopic (exact) mass is 251 g/mol. The van der Waals surface area contributed by atoms with Gasteiger partial charge in [0.25, 0.3) is 0 Å². The van der Waals surface area contributed by atoms with Crippen LogP contribution in [0.3, 0.4) is 0 Å². The number of Topliss-reactive ketones (excluding diaryl/α,β-unsaturated/α-hetero) is 1. The van der Waals surface area contributed by atoms with Crippen molar-refractivity contribution in [2.24, 2.45) is 0 Å². The van der Waals surface area contributed by atoms with Crippen LogP contribution in [0.15, 0.2) is 29.2 Å². The Kier molecular flexibility index (Phi) is 5.22. The van der Waals surface area contributed by atoms with Gasteiger partial charge in [0.1, 0.15) is 0 Å². The van der Waals surface area contributed by atoms with Crippen LogP contribution >= 0.6 is 11.8 Å². The van der Waals surface area contributed by atoms with Crippen LogP contribution in [0.25, 0.3) is 0 Å². The number of nitrogens with one attached hydrogen (secondary N) is 1. The van der Waals surface area contributed by atoms with Crippen molar-refractivity contribution >= 4 is 23.5 Å². The molecule has 0 spiro atoms. The molecule has 0 saturated carbocycles. The fourth-order valence-corrected chi connectivity index (χ4v) is 2.31. The second-order valence-corrected chi connectivity index (χ2v) is 5.15. The highest BCUT2D eigenvalue weighted by molar-refractivity contribution is 8.00. The molecule has 17 heavy (non-hydrogen) atoms. The Labute approximate surface area is 106 Å². The van der Waals surface area contributed by atoms with E-state index < -0.39 is 0 Å². The van der Waals surface area contributed by atoms with E-state index in [2.05, 4.69) is 5.32 Å². The number of rotatable bonds is 5. The smallest absolute Gasteiger partial charge is 0.233 e. The standard InChI is InChI=1S/C13H17NO2S/c1-4-14-13(16)10(3)17-12-7-5-6-11(8-12)9(2)15/h5-8,10H,4H2,1-3H3,(H,14,16). The first-order chi connectivity index (χ1) is 8.04. The van der Waals surface area contributed by atoms with Gasteiger partial charge in [0, 0.05) is 17.0 Å². The zero-order chi connectivity index (χ0) is 12.8. The lowest BCUT2D eigenvalue weighted by atomic mass is 10.2. The second-order valence-electron chi connectivity index (χ2n) is 3.74. The Morgan fingerprint density at radius 3 is 2.71 bits per heavy atom. The highest BCUT2D eigenvalue weighted by atomic mass is 32.2. The molecule has 1 amide bonds. The van der Waals surface area contributed by atoms with Crippen molar-refractivity contribution in [1.29, 1.82) is 0 Å². The lowest BCUT2D eigenvalue weighted by molar-refractivity contribution is -0.120. The van der Waals surface area contributed by atoms with Gasteiger partial charge in [0.05, 0.1) is 5.25 Å². The summed E-state index contributed by atoms with van der Waals surface area (Å²) in [5, 5.41) is 2.62. The lowest BCUT2D eigenvalue weighted by Crippen LogP contribution is -2.30. The third-order valence-electron chi connectivity index (χ3n) is 2.27. The number of carbonyl (C=O) groups is 2. The Morgan fingerprint density at radius 1 is 1.41 bits per heavy atom. The van der Waals surface area contributed by atoms with E-state index in [4.69, 9.17) is 0 Å². The van der Waals surface area contributed by atoms with Crippen molar-refractivity contribution in [2.45, 2.75) is 30.9 Å². The van der Waals surface area contributed by atoms with E-state index >= 15 is 0 Å². The Bertz CT molecular complexity index is 418. The zero-order valence-corrected chi connectivity index (χ0v) is 11.1. The Hall–Kier alpha value is -1.29. The van der Waals surface area contributed by atoms with Crippen molar-refractivity contribution in [2.75, 3.05) is 6.54 Å². The molecular weight excluding hydrogens is 234 g/mol.